The Bertz CT molecular complexity index is 507. The Morgan fingerprint density at radius 1 is 1.17 bits per heavy atom. The van der Waals surface area contributed by atoms with E-state index in [0.29, 0.717) is 0 Å². The molecule has 0 saturated carbocycles. The Morgan fingerprint density at radius 2 is 1.83 bits per heavy atom. The maximum Gasteiger partial charge on any atom is 0.0931 e. The average Bonchev–Trinajstić information content (AvgIpc) is 2.77. The summed E-state index contributed by atoms with van der Waals surface area (Å²) in [5, 5.41) is 0. The van der Waals surface area contributed by atoms with Crippen molar-refractivity contribution in [1.29, 1.82) is 0 Å². The Morgan fingerprint density at radius 3 is 2.28 bits per heavy atom. The number of hydrogen-bond donors (Lipinski definition) is 2. The van der Waals surface area contributed by atoms with Gasteiger partial charge in [0.2, 0.25) is 0 Å². The lowest BCUT2D eigenvalue weighted by Crippen LogP contribution is -2.28. The van der Waals surface area contributed by atoms with E-state index < -0.39 is 0 Å². The second-order valence-electron chi connectivity index (χ2n) is 4.23. The first kappa shape index (κ1) is 13.4. The third kappa shape index (κ3) is 2.84. The van der Waals surface area contributed by atoms with Crippen LogP contribution in [0.1, 0.15) is 16.5 Å². The molecular weight excluding hydrogens is 266 g/mol. The van der Waals surface area contributed by atoms with E-state index in [9.17, 15) is 0 Å². The van der Waals surface area contributed by atoms with Crippen LogP contribution in [0.4, 0.5) is 5.69 Å². The number of thiophene rings is 1. The third-order valence-corrected chi connectivity index (χ3v) is 4.08. The molecule has 3 N–H and O–H groups in total. The fourth-order valence-electron chi connectivity index (χ4n) is 1.79. The first-order valence-electron chi connectivity index (χ1n) is 5.60. The maximum atomic E-state index is 5.96. The highest BCUT2D eigenvalue weighted by Crippen LogP contribution is 2.31. The van der Waals surface area contributed by atoms with Crippen LogP contribution < -0.4 is 16.2 Å². The Balaban J connectivity index is 2.28. The molecule has 1 aromatic heterocycles. The summed E-state index contributed by atoms with van der Waals surface area (Å²) in [6, 6.07) is 12.2. The normalized spacial score (nSPS) is 12.4. The minimum absolute atomic E-state index is 0.0151. The predicted molar refractivity (Wildman–Crippen MR) is 79.3 cm³/mol. The Labute approximate surface area is 116 Å². The first-order valence-corrected chi connectivity index (χ1v) is 6.80. The van der Waals surface area contributed by atoms with Gasteiger partial charge in [0.05, 0.1) is 10.4 Å². The number of nitrogens with two attached hydrogens (primary N) is 1. The molecule has 2 aromatic rings. The van der Waals surface area contributed by atoms with Crippen LogP contribution in [0.3, 0.4) is 0 Å². The number of nitrogens with one attached hydrogen (secondary N) is 1. The number of nitrogens with zero attached hydrogens (tertiary/aromatic N) is 1. The molecule has 0 amide bonds. The van der Waals surface area contributed by atoms with Crippen molar-refractivity contribution in [3.63, 3.8) is 0 Å². The van der Waals surface area contributed by atoms with Gasteiger partial charge in [-0.15, -0.1) is 11.3 Å². The predicted octanol–water partition coefficient (Wildman–Crippen LogP) is 3.02. The van der Waals surface area contributed by atoms with Crippen LogP contribution in [0.5, 0.6) is 0 Å². The van der Waals surface area contributed by atoms with E-state index in [0.717, 1.165) is 14.8 Å². The van der Waals surface area contributed by atoms with Crippen molar-refractivity contribution in [2.75, 3.05) is 19.0 Å². The molecule has 96 valence electrons. The molecule has 1 atom stereocenters. The van der Waals surface area contributed by atoms with Gasteiger partial charge in [-0.1, -0.05) is 23.7 Å². The quantitative estimate of drug-likeness (QED) is 0.669. The minimum Gasteiger partial charge on any atom is -0.378 e. The van der Waals surface area contributed by atoms with Gasteiger partial charge >= 0.3 is 0 Å². The van der Waals surface area contributed by atoms with Gasteiger partial charge in [-0.2, -0.15) is 0 Å². The van der Waals surface area contributed by atoms with Crippen LogP contribution in [0.2, 0.25) is 4.34 Å². The molecule has 0 fully saturated rings. The minimum atomic E-state index is -0.0151. The van der Waals surface area contributed by atoms with Crippen molar-refractivity contribution in [1.82, 2.24) is 5.43 Å². The summed E-state index contributed by atoms with van der Waals surface area (Å²) < 4.78 is 0.773. The van der Waals surface area contributed by atoms with Crippen LogP contribution >= 0.6 is 22.9 Å². The van der Waals surface area contributed by atoms with Gasteiger partial charge in [-0.3, -0.25) is 5.84 Å². The van der Waals surface area contributed by atoms with Crippen molar-refractivity contribution >= 4 is 28.6 Å². The zero-order valence-corrected chi connectivity index (χ0v) is 11.9. The molecule has 0 aliphatic heterocycles. The molecule has 0 saturated heterocycles. The lowest BCUT2D eigenvalue weighted by molar-refractivity contribution is 0.646. The van der Waals surface area contributed by atoms with E-state index in [2.05, 4.69) is 34.6 Å². The summed E-state index contributed by atoms with van der Waals surface area (Å²) in [4.78, 5) is 3.18. The van der Waals surface area contributed by atoms with E-state index in [4.69, 9.17) is 17.4 Å². The summed E-state index contributed by atoms with van der Waals surface area (Å²) in [6.07, 6.45) is 0. The van der Waals surface area contributed by atoms with Crippen LogP contribution in [0, 0.1) is 0 Å². The fourth-order valence-corrected chi connectivity index (χ4v) is 2.94. The Kier molecular flexibility index (Phi) is 4.24. The van der Waals surface area contributed by atoms with Crippen molar-refractivity contribution < 1.29 is 0 Å². The molecule has 0 radical (unpaired) electrons. The topological polar surface area (TPSA) is 41.3 Å². The van der Waals surface area contributed by atoms with E-state index in [-0.39, 0.29) is 6.04 Å². The zero-order chi connectivity index (χ0) is 13.1. The van der Waals surface area contributed by atoms with E-state index >= 15 is 0 Å². The average molecular weight is 282 g/mol. The number of hydrazine groups is 1. The molecule has 3 nitrogen and oxygen atoms in total. The Hall–Kier alpha value is -1.07. The molecule has 0 aliphatic rings. The summed E-state index contributed by atoms with van der Waals surface area (Å²) in [6.45, 7) is 0. The molecule has 0 bridgehead atoms. The molecule has 1 aromatic carbocycles. The molecular formula is C13H16ClN3S. The lowest BCUT2D eigenvalue weighted by Gasteiger charge is -2.17. The second-order valence-corrected chi connectivity index (χ2v) is 5.97. The van der Waals surface area contributed by atoms with E-state index in [1.54, 1.807) is 0 Å². The van der Waals surface area contributed by atoms with Crippen molar-refractivity contribution in [3.8, 4) is 0 Å². The third-order valence-electron chi connectivity index (χ3n) is 2.79. The molecule has 0 spiro atoms. The van der Waals surface area contributed by atoms with Crippen molar-refractivity contribution in [2.24, 2.45) is 5.84 Å². The highest BCUT2D eigenvalue weighted by Gasteiger charge is 2.14. The molecule has 1 heterocycles. The van der Waals surface area contributed by atoms with Crippen LogP contribution in [0.25, 0.3) is 0 Å². The van der Waals surface area contributed by atoms with Gasteiger partial charge in [0.1, 0.15) is 0 Å². The van der Waals surface area contributed by atoms with Gasteiger partial charge in [-0.05, 0) is 29.8 Å². The monoisotopic (exact) mass is 281 g/mol. The summed E-state index contributed by atoms with van der Waals surface area (Å²) >= 11 is 7.50. The van der Waals surface area contributed by atoms with Gasteiger partial charge in [0.25, 0.3) is 0 Å². The molecule has 5 heteroatoms. The van der Waals surface area contributed by atoms with Crippen LogP contribution in [-0.4, -0.2) is 14.1 Å². The highest BCUT2D eigenvalue weighted by atomic mass is 35.5. The first-order chi connectivity index (χ1) is 8.61. The highest BCUT2D eigenvalue weighted by molar-refractivity contribution is 7.16. The summed E-state index contributed by atoms with van der Waals surface area (Å²) in [5.74, 6) is 5.65. The van der Waals surface area contributed by atoms with Crippen molar-refractivity contribution in [2.45, 2.75) is 6.04 Å². The van der Waals surface area contributed by atoms with Gasteiger partial charge in [0, 0.05) is 24.7 Å². The zero-order valence-electron chi connectivity index (χ0n) is 10.4. The van der Waals surface area contributed by atoms with E-state index in [1.165, 1.54) is 17.0 Å². The largest absolute Gasteiger partial charge is 0.378 e. The lowest BCUT2D eigenvalue weighted by atomic mass is 10.1. The standard InChI is InChI=1S/C13H16ClN3S/c1-17(2)10-5-3-9(4-6-10)13(16-15)11-7-8-12(14)18-11/h3-8,13,16H,15H2,1-2H3. The molecule has 2 rings (SSSR count). The number of rotatable bonds is 4. The molecule has 0 aliphatic carbocycles. The van der Waals surface area contributed by atoms with Gasteiger partial charge in [-0.25, -0.2) is 5.43 Å². The van der Waals surface area contributed by atoms with Crippen molar-refractivity contribution in [3.05, 3.63) is 51.2 Å². The van der Waals surface area contributed by atoms with Gasteiger partial charge in [0.15, 0.2) is 0 Å². The number of anilines is 1. The number of halogens is 1. The summed E-state index contributed by atoms with van der Waals surface area (Å²) in [7, 11) is 4.04. The second kappa shape index (κ2) is 5.71. The summed E-state index contributed by atoms with van der Waals surface area (Å²) in [5.41, 5.74) is 5.13. The molecule has 18 heavy (non-hydrogen) atoms. The number of hydrogen-bond acceptors (Lipinski definition) is 4. The van der Waals surface area contributed by atoms with Gasteiger partial charge < -0.3 is 4.90 Å². The van der Waals surface area contributed by atoms with Crippen LogP contribution in [-0.2, 0) is 0 Å². The smallest absolute Gasteiger partial charge is 0.0931 e. The maximum absolute atomic E-state index is 5.96. The number of benzene rings is 1. The SMILES string of the molecule is CN(C)c1ccc(C(NN)c2ccc(Cl)s2)cc1. The fraction of sp³-hybridized carbons (Fsp3) is 0.231. The van der Waals surface area contributed by atoms with E-state index in [1.807, 2.05) is 26.2 Å². The van der Waals surface area contributed by atoms with Crippen LogP contribution in [0.15, 0.2) is 36.4 Å². The molecule has 1 unspecified atom stereocenters.